The van der Waals surface area contributed by atoms with Crippen LogP contribution < -0.4 is 9.50 Å². The number of aromatic nitrogens is 1. The Labute approximate surface area is 172 Å². The van der Waals surface area contributed by atoms with E-state index in [9.17, 15) is 26.4 Å². The average Bonchev–Trinajstić information content (AvgIpc) is 2.57. The number of carbonyl (C=O) groups excluding carboxylic acids is 1. The summed E-state index contributed by atoms with van der Waals surface area (Å²) in [6.07, 6.45) is 0.943. The minimum Gasteiger partial charge on any atom is -0.444 e. The average molecular weight is 456 g/mol. The zero-order valence-electron chi connectivity index (χ0n) is 16.6. The lowest BCUT2D eigenvalue weighted by atomic mass is 10.2. The first-order valence-corrected chi connectivity index (χ1v) is 10.4. The molecule has 1 atom stereocenters. The maximum Gasteiger partial charge on any atom is 0.534 e. The predicted molar refractivity (Wildman–Crippen MR) is 98.1 cm³/mol. The number of amides is 1. The molecule has 0 radical (unpaired) electrons. The van der Waals surface area contributed by atoms with Gasteiger partial charge in [-0.2, -0.15) is 21.6 Å². The normalized spacial score (nSPS) is 18.0. The SMILES string of the molecule is CC(C)(C)OC(=O)Nc1cc(OS(=O)(=O)C(F)(F)F)cc(COC2CCCCO2)n1. The van der Waals surface area contributed by atoms with Crippen LogP contribution in [0.15, 0.2) is 12.1 Å². The van der Waals surface area contributed by atoms with E-state index in [4.69, 9.17) is 14.2 Å². The summed E-state index contributed by atoms with van der Waals surface area (Å²) in [7, 11) is -5.91. The van der Waals surface area contributed by atoms with E-state index in [-0.39, 0.29) is 18.1 Å². The lowest BCUT2D eigenvalue weighted by Crippen LogP contribution is -2.29. The highest BCUT2D eigenvalue weighted by Gasteiger charge is 2.48. The van der Waals surface area contributed by atoms with Crippen LogP contribution in [0, 0.1) is 0 Å². The molecule has 2 heterocycles. The van der Waals surface area contributed by atoms with Gasteiger partial charge in [0.15, 0.2) is 6.29 Å². The Bertz CT molecular complexity index is 848. The number of ether oxygens (including phenoxy) is 3. The topological polar surface area (TPSA) is 113 Å². The standard InChI is InChI=1S/C17H23F3N2O7S/c1-16(2,3)28-15(23)22-13-9-12(29-30(24,25)17(18,19)20)8-11(21-13)10-27-14-6-4-5-7-26-14/h8-9,14H,4-7,10H2,1-3H3,(H,21,22,23). The van der Waals surface area contributed by atoms with E-state index in [1.54, 1.807) is 20.8 Å². The molecular formula is C17H23F3N2O7S. The van der Waals surface area contributed by atoms with E-state index in [1.807, 2.05) is 0 Å². The number of carbonyl (C=O) groups is 1. The van der Waals surface area contributed by atoms with Crippen LogP contribution in [0.1, 0.15) is 45.7 Å². The van der Waals surface area contributed by atoms with Gasteiger partial charge in [-0.1, -0.05) is 0 Å². The molecule has 1 fully saturated rings. The van der Waals surface area contributed by atoms with E-state index < -0.39 is 39.4 Å². The molecule has 0 spiro atoms. The summed E-state index contributed by atoms with van der Waals surface area (Å²) in [5, 5.41) is 2.23. The summed E-state index contributed by atoms with van der Waals surface area (Å²) in [6.45, 7) is 5.13. The second-order valence-corrected chi connectivity index (χ2v) is 8.93. The van der Waals surface area contributed by atoms with Crippen LogP contribution in [0.3, 0.4) is 0 Å². The van der Waals surface area contributed by atoms with Crippen LogP contribution in [-0.4, -0.2) is 43.5 Å². The first-order chi connectivity index (χ1) is 13.7. The lowest BCUT2D eigenvalue weighted by molar-refractivity contribution is -0.169. The molecule has 170 valence electrons. The zero-order chi connectivity index (χ0) is 22.6. The van der Waals surface area contributed by atoms with E-state index in [0.29, 0.717) is 13.0 Å². The molecule has 1 N–H and O–H groups in total. The van der Waals surface area contributed by atoms with E-state index in [1.165, 1.54) is 0 Å². The van der Waals surface area contributed by atoms with Crippen molar-refractivity contribution in [2.75, 3.05) is 11.9 Å². The summed E-state index contributed by atoms with van der Waals surface area (Å²) < 4.78 is 80.7. The highest BCUT2D eigenvalue weighted by molar-refractivity contribution is 7.88. The molecule has 0 bridgehead atoms. The fourth-order valence-corrected chi connectivity index (χ4v) is 2.79. The molecule has 9 nitrogen and oxygen atoms in total. The maximum atomic E-state index is 12.6. The van der Waals surface area contributed by atoms with Gasteiger partial charge in [0.05, 0.1) is 12.3 Å². The molecule has 30 heavy (non-hydrogen) atoms. The molecule has 1 amide bonds. The Kier molecular flexibility index (Phi) is 7.53. The van der Waals surface area contributed by atoms with Crippen molar-refractivity contribution < 1.29 is 44.8 Å². The van der Waals surface area contributed by atoms with Crippen LogP contribution in [-0.2, 0) is 30.9 Å². The van der Waals surface area contributed by atoms with Crippen molar-refractivity contribution in [3.8, 4) is 5.75 Å². The number of alkyl halides is 3. The number of hydrogen-bond donors (Lipinski definition) is 1. The van der Waals surface area contributed by atoms with Crippen LogP contribution in [0.2, 0.25) is 0 Å². The van der Waals surface area contributed by atoms with Gasteiger partial charge in [-0.15, -0.1) is 0 Å². The second-order valence-electron chi connectivity index (χ2n) is 7.40. The molecular weight excluding hydrogens is 433 g/mol. The van der Waals surface area contributed by atoms with Gasteiger partial charge in [0.2, 0.25) is 0 Å². The zero-order valence-corrected chi connectivity index (χ0v) is 17.4. The first kappa shape index (κ1) is 24.2. The molecule has 1 aliphatic heterocycles. The Balaban J connectivity index is 2.22. The summed E-state index contributed by atoms with van der Waals surface area (Å²) in [4.78, 5) is 16.0. The third-order valence-electron chi connectivity index (χ3n) is 3.53. The predicted octanol–water partition coefficient (Wildman–Crippen LogP) is 3.70. The molecule has 0 saturated carbocycles. The second kappa shape index (κ2) is 9.35. The minimum atomic E-state index is -5.91. The van der Waals surface area contributed by atoms with Crippen LogP contribution in [0.25, 0.3) is 0 Å². The van der Waals surface area contributed by atoms with Crippen molar-refractivity contribution in [2.45, 2.75) is 64.0 Å². The number of pyridine rings is 1. The molecule has 1 aromatic rings. The van der Waals surface area contributed by atoms with Crippen LogP contribution in [0.5, 0.6) is 5.75 Å². The van der Waals surface area contributed by atoms with Gasteiger partial charge in [0.25, 0.3) is 0 Å². The fraction of sp³-hybridized carbons (Fsp3) is 0.647. The van der Waals surface area contributed by atoms with Crippen LogP contribution in [0.4, 0.5) is 23.8 Å². The Hall–Kier alpha value is -2.12. The monoisotopic (exact) mass is 456 g/mol. The Morgan fingerprint density at radius 3 is 2.53 bits per heavy atom. The van der Waals surface area contributed by atoms with Crippen molar-refractivity contribution in [1.29, 1.82) is 0 Å². The smallest absolute Gasteiger partial charge is 0.444 e. The lowest BCUT2D eigenvalue weighted by Gasteiger charge is -2.23. The summed E-state index contributed by atoms with van der Waals surface area (Å²) in [5.41, 5.74) is -6.45. The van der Waals surface area contributed by atoms with Crippen LogP contribution >= 0.6 is 0 Å². The van der Waals surface area contributed by atoms with Gasteiger partial charge in [-0.05, 0) is 40.0 Å². The fourth-order valence-electron chi connectivity index (χ4n) is 2.35. The molecule has 0 aromatic carbocycles. The van der Waals surface area contributed by atoms with Crippen molar-refractivity contribution in [3.63, 3.8) is 0 Å². The maximum absolute atomic E-state index is 12.6. The highest BCUT2D eigenvalue weighted by Crippen LogP contribution is 2.29. The van der Waals surface area contributed by atoms with Crippen molar-refractivity contribution in [1.82, 2.24) is 4.98 Å². The molecule has 1 aromatic heterocycles. The summed E-state index contributed by atoms with van der Waals surface area (Å²) >= 11 is 0. The number of anilines is 1. The van der Waals surface area contributed by atoms with Gasteiger partial charge < -0.3 is 18.4 Å². The number of nitrogens with one attached hydrogen (secondary N) is 1. The van der Waals surface area contributed by atoms with Gasteiger partial charge >= 0.3 is 21.7 Å². The Morgan fingerprint density at radius 1 is 1.27 bits per heavy atom. The van der Waals surface area contributed by atoms with Gasteiger partial charge in [0.1, 0.15) is 17.2 Å². The number of nitrogens with zero attached hydrogens (tertiary/aromatic N) is 1. The minimum absolute atomic E-state index is 0.0186. The molecule has 1 saturated heterocycles. The van der Waals surface area contributed by atoms with Gasteiger partial charge in [-0.25, -0.2) is 9.78 Å². The van der Waals surface area contributed by atoms with Gasteiger partial charge in [-0.3, -0.25) is 5.32 Å². The number of hydrogen-bond acceptors (Lipinski definition) is 8. The van der Waals surface area contributed by atoms with E-state index in [2.05, 4.69) is 14.5 Å². The summed E-state index contributed by atoms with van der Waals surface area (Å²) in [6, 6.07) is 1.79. The van der Waals surface area contributed by atoms with Gasteiger partial charge in [0, 0.05) is 18.7 Å². The highest BCUT2D eigenvalue weighted by atomic mass is 32.2. The molecule has 1 aliphatic rings. The van der Waals surface area contributed by atoms with Crippen molar-refractivity contribution in [3.05, 3.63) is 17.8 Å². The Morgan fingerprint density at radius 2 is 1.97 bits per heavy atom. The number of rotatable bonds is 6. The summed E-state index contributed by atoms with van der Waals surface area (Å²) in [5.74, 6) is -0.973. The van der Waals surface area contributed by atoms with Crippen molar-refractivity contribution >= 4 is 22.0 Å². The molecule has 1 unspecified atom stereocenters. The number of halogens is 3. The third-order valence-corrected chi connectivity index (χ3v) is 4.50. The van der Waals surface area contributed by atoms with E-state index >= 15 is 0 Å². The molecule has 2 rings (SSSR count). The quantitative estimate of drug-likeness (QED) is 0.509. The largest absolute Gasteiger partial charge is 0.534 e. The molecule has 0 aliphatic carbocycles. The van der Waals surface area contributed by atoms with E-state index in [0.717, 1.165) is 25.0 Å². The third kappa shape index (κ3) is 7.61. The van der Waals surface area contributed by atoms with Crippen molar-refractivity contribution in [2.24, 2.45) is 0 Å². The molecule has 13 heteroatoms. The first-order valence-electron chi connectivity index (χ1n) is 9.00.